The number of ether oxygens (including phenoxy) is 1. The lowest BCUT2D eigenvalue weighted by atomic mass is 10.0. The molecule has 0 aliphatic carbocycles. The molecule has 0 bridgehead atoms. The Labute approximate surface area is 398 Å². The molecule has 0 aliphatic rings. The Hall–Kier alpha value is -2.04. The summed E-state index contributed by atoms with van der Waals surface area (Å²) in [6.07, 6.45) is 53.4. The van der Waals surface area contributed by atoms with Gasteiger partial charge in [-0.25, -0.2) is 9.36 Å². The Morgan fingerprint density at radius 1 is 0.477 bits per heavy atom. The van der Waals surface area contributed by atoms with Crippen LogP contribution in [-0.4, -0.2) is 64.9 Å². The van der Waals surface area contributed by atoms with E-state index in [2.05, 4.69) is 43.5 Å². The summed E-state index contributed by atoms with van der Waals surface area (Å²) in [5.74, 6) is -2.36. The van der Waals surface area contributed by atoms with Gasteiger partial charge in [-0.3, -0.25) is 18.6 Å². The van der Waals surface area contributed by atoms with Gasteiger partial charge in [-0.05, 0) is 64.2 Å². The number of carboxylic acid groups (broad SMARTS) is 1. The first-order chi connectivity index (χ1) is 31.6. The van der Waals surface area contributed by atoms with Crippen LogP contribution in [0.1, 0.15) is 264 Å². The molecule has 0 aromatic rings. The minimum absolute atomic E-state index is 0.143. The maximum atomic E-state index is 12.4. The number of esters is 1. The second-order valence-electron chi connectivity index (χ2n) is 18.4. The van der Waals surface area contributed by atoms with Gasteiger partial charge in [-0.1, -0.05) is 212 Å². The number of amides is 1. The van der Waals surface area contributed by atoms with E-state index in [-0.39, 0.29) is 12.8 Å². The number of unbranched alkanes of at least 4 members (excludes halogenated alkanes) is 33. The van der Waals surface area contributed by atoms with Gasteiger partial charge >= 0.3 is 19.8 Å². The largest absolute Gasteiger partial charge is 0.480 e. The fourth-order valence-corrected chi connectivity index (χ4v) is 8.55. The van der Waals surface area contributed by atoms with Gasteiger partial charge in [0, 0.05) is 12.8 Å². The highest BCUT2D eigenvalue weighted by atomic mass is 31.2. The summed E-state index contributed by atoms with van der Waals surface area (Å²) in [6, 6.07) is -1.55. The number of carbonyl (C=O) groups excluding carboxylic acids is 2. The third kappa shape index (κ3) is 48.2. The van der Waals surface area contributed by atoms with Crippen molar-refractivity contribution >= 4 is 25.7 Å². The Bertz CT molecular complexity index is 1200. The van der Waals surface area contributed by atoms with E-state index < -0.39 is 57.6 Å². The van der Waals surface area contributed by atoms with E-state index in [1.165, 1.54) is 173 Å². The van der Waals surface area contributed by atoms with Crippen molar-refractivity contribution in [2.45, 2.75) is 276 Å². The van der Waals surface area contributed by atoms with Gasteiger partial charge < -0.3 is 25.2 Å². The van der Waals surface area contributed by atoms with Crippen LogP contribution in [-0.2, 0) is 32.7 Å². The predicted octanol–water partition coefficient (Wildman–Crippen LogP) is 15.0. The number of aliphatic hydroxyl groups is 1. The van der Waals surface area contributed by atoms with Gasteiger partial charge in [-0.15, -0.1) is 0 Å². The molecule has 0 rings (SSSR count). The maximum Gasteiger partial charge on any atom is 0.472 e. The molecule has 0 spiro atoms. The van der Waals surface area contributed by atoms with Crippen molar-refractivity contribution in [1.82, 2.24) is 5.32 Å². The lowest BCUT2D eigenvalue weighted by Gasteiger charge is -2.18. The third-order valence-corrected chi connectivity index (χ3v) is 12.9. The lowest BCUT2D eigenvalue weighted by Crippen LogP contribution is -2.43. The highest BCUT2D eigenvalue weighted by Crippen LogP contribution is 2.43. The molecule has 0 saturated heterocycles. The molecule has 3 atom stereocenters. The fraction of sp³-hybridized carbons (Fsp3) is 0.868. The molecular formula is C53H100NO10P. The number of rotatable bonds is 51. The molecule has 0 heterocycles. The standard InChI is InChI=1S/C53H100NO10P/c1-3-5-7-9-11-13-15-17-19-21-23-24-25-26-27-29-31-33-35-37-39-41-43-45-52(57)62-46-49(55)47-63-65(60,61)64-48-50(53(58)59)54-51(56)44-42-40-38-36-34-32-30-28-22-20-18-16-14-12-10-8-6-4-2/h17,19-20,22,49-50,55H,3-16,18,21,23-48H2,1-2H3,(H,54,56)(H,58,59)(H,60,61)/b19-17+,22-20-. The number of aliphatic carboxylic acids is 1. The van der Waals surface area contributed by atoms with Gasteiger partial charge in [0.1, 0.15) is 12.7 Å². The summed E-state index contributed by atoms with van der Waals surface area (Å²) in [5.41, 5.74) is 0. The number of carboxylic acids is 1. The van der Waals surface area contributed by atoms with Crippen molar-refractivity contribution in [2.24, 2.45) is 0 Å². The monoisotopic (exact) mass is 942 g/mol. The first kappa shape index (κ1) is 63.0. The summed E-state index contributed by atoms with van der Waals surface area (Å²) in [6.45, 7) is 2.63. The van der Waals surface area contributed by atoms with Crippen molar-refractivity contribution in [3.05, 3.63) is 24.3 Å². The zero-order valence-electron chi connectivity index (χ0n) is 41.8. The van der Waals surface area contributed by atoms with Crippen LogP contribution in [0.2, 0.25) is 0 Å². The number of aliphatic hydroxyl groups excluding tert-OH is 1. The maximum absolute atomic E-state index is 12.4. The van der Waals surface area contributed by atoms with Crippen LogP contribution in [0.15, 0.2) is 24.3 Å². The van der Waals surface area contributed by atoms with E-state index in [1.54, 1.807) is 0 Å². The third-order valence-electron chi connectivity index (χ3n) is 12.0. The SMILES string of the molecule is CCCCCCCC/C=C/CCCCCCCCCCCCCCCC(=O)OCC(O)COP(=O)(O)OCC(NC(=O)CCCCCCCCC/C=C\CCCCCCCCC)C(=O)O. The zero-order valence-corrected chi connectivity index (χ0v) is 42.7. The molecule has 3 unspecified atom stereocenters. The smallest absolute Gasteiger partial charge is 0.472 e. The Morgan fingerprint density at radius 3 is 1.17 bits per heavy atom. The van der Waals surface area contributed by atoms with E-state index in [0.717, 1.165) is 51.4 Å². The quantitative estimate of drug-likeness (QED) is 0.0199. The predicted molar refractivity (Wildman–Crippen MR) is 268 cm³/mol. The van der Waals surface area contributed by atoms with E-state index in [9.17, 15) is 34.1 Å². The molecule has 0 saturated carbocycles. The molecule has 0 radical (unpaired) electrons. The first-order valence-corrected chi connectivity index (χ1v) is 28.4. The summed E-state index contributed by atoms with van der Waals surface area (Å²) >= 11 is 0. The average molecular weight is 942 g/mol. The topological polar surface area (TPSA) is 169 Å². The van der Waals surface area contributed by atoms with Crippen LogP contribution in [0.25, 0.3) is 0 Å². The molecule has 0 aromatic heterocycles. The van der Waals surface area contributed by atoms with E-state index in [4.69, 9.17) is 13.8 Å². The van der Waals surface area contributed by atoms with Gasteiger partial charge in [0.2, 0.25) is 5.91 Å². The van der Waals surface area contributed by atoms with Crippen LogP contribution in [0.3, 0.4) is 0 Å². The number of hydrogen-bond donors (Lipinski definition) is 4. The minimum atomic E-state index is -4.76. The summed E-state index contributed by atoms with van der Waals surface area (Å²) in [5, 5.41) is 21.9. The van der Waals surface area contributed by atoms with Crippen LogP contribution in [0.4, 0.5) is 0 Å². The van der Waals surface area contributed by atoms with Gasteiger partial charge in [-0.2, -0.15) is 0 Å². The fourth-order valence-electron chi connectivity index (χ4n) is 7.78. The second-order valence-corrected chi connectivity index (χ2v) is 19.9. The van der Waals surface area contributed by atoms with E-state index in [0.29, 0.717) is 12.8 Å². The number of hydrogen-bond acceptors (Lipinski definition) is 8. The summed E-state index contributed by atoms with van der Waals surface area (Å²) in [7, 11) is -4.76. The van der Waals surface area contributed by atoms with Crippen molar-refractivity contribution in [2.75, 3.05) is 19.8 Å². The molecule has 1 amide bonds. The molecule has 12 heteroatoms. The summed E-state index contributed by atoms with van der Waals surface area (Å²) in [4.78, 5) is 46.1. The van der Waals surface area contributed by atoms with E-state index >= 15 is 0 Å². The molecule has 11 nitrogen and oxygen atoms in total. The van der Waals surface area contributed by atoms with Crippen molar-refractivity contribution < 1.29 is 47.8 Å². The van der Waals surface area contributed by atoms with Gasteiger partial charge in [0.25, 0.3) is 0 Å². The van der Waals surface area contributed by atoms with Gasteiger partial charge in [0.05, 0.1) is 13.2 Å². The van der Waals surface area contributed by atoms with E-state index in [1.807, 2.05) is 0 Å². The number of allylic oxidation sites excluding steroid dienone is 4. The molecule has 382 valence electrons. The zero-order chi connectivity index (χ0) is 47.7. The molecule has 0 aliphatic heterocycles. The van der Waals surface area contributed by atoms with Crippen LogP contribution >= 0.6 is 7.82 Å². The molecule has 65 heavy (non-hydrogen) atoms. The molecular weight excluding hydrogens is 842 g/mol. The number of carbonyl (C=O) groups is 3. The Kier molecular flexibility index (Phi) is 46.9. The highest BCUT2D eigenvalue weighted by molar-refractivity contribution is 7.47. The summed E-state index contributed by atoms with van der Waals surface area (Å²) < 4.78 is 27.0. The average Bonchev–Trinajstić information content (AvgIpc) is 3.28. The normalized spacial score (nSPS) is 13.7. The van der Waals surface area contributed by atoms with Crippen LogP contribution < -0.4 is 5.32 Å². The lowest BCUT2D eigenvalue weighted by molar-refractivity contribution is -0.147. The number of phosphoric acid groups is 1. The minimum Gasteiger partial charge on any atom is -0.480 e. The van der Waals surface area contributed by atoms with Crippen LogP contribution in [0, 0.1) is 0 Å². The van der Waals surface area contributed by atoms with Crippen molar-refractivity contribution in [3.63, 3.8) is 0 Å². The molecule has 0 aromatic carbocycles. The highest BCUT2D eigenvalue weighted by Gasteiger charge is 2.28. The number of phosphoric ester groups is 1. The Morgan fingerprint density at radius 2 is 0.800 bits per heavy atom. The first-order valence-electron chi connectivity index (χ1n) is 26.9. The Balaban J connectivity index is 3.78. The van der Waals surface area contributed by atoms with Gasteiger partial charge in [0.15, 0.2) is 6.04 Å². The van der Waals surface area contributed by atoms with Crippen molar-refractivity contribution in [1.29, 1.82) is 0 Å². The second kappa shape index (κ2) is 48.4. The molecule has 4 N–H and O–H groups in total. The number of nitrogens with one attached hydrogen (secondary N) is 1. The molecule has 0 fully saturated rings. The van der Waals surface area contributed by atoms with Crippen LogP contribution in [0.5, 0.6) is 0 Å². The van der Waals surface area contributed by atoms with Crippen molar-refractivity contribution in [3.8, 4) is 0 Å².